The van der Waals surface area contributed by atoms with Crippen molar-refractivity contribution in [3.63, 3.8) is 0 Å². The molecule has 2 heterocycles. The number of nitrogens with zero attached hydrogens (tertiary/aromatic N) is 4. The van der Waals surface area contributed by atoms with Crippen LogP contribution < -0.4 is 4.74 Å². The standard InChI is InChI=1S/C13H10N4O4/c18-12(19)11-6-10(21-16-11)7-20-13-14-8-17(15-13)9-4-2-1-3-5-9/h1-6,8H,7H2,(H,18,19). The van der Waals surface area contributed by atoms with E-state index in [0.717, 1.165) is 5.69 Å². The van der Waals surface area contributed by atoms with Gasteiger partial charge in [-0.2, -0.15) is 4.98 Å². The molecule has 0 unspecified atom stereocenters. The van der Waals surface area contributed by atoms with E-state index in [9.17, 15) is 4.79 Å². The fourth-order valence-electron chi connectivity index (χ4n) is 1.64. The minimum Gasteiger partial charge on any atom is -0.476 e. The first kappa shape index (κ1) is 12.9. The molecule has 1 N–H and O–H groups in total. The predicted octanol–water partition coefficient (Wildman–Crippen LogP) is 1.53. The van der Waals surface area contributed by atoms with Gasteiger partial charge in [-0.05, 0) is 12.1 Å². The average Bonchev–Trinajstić information content (AvgIpc) is 3.15. The van der Waals surface area contributed by atoms with E-state index in [4.69, 9.17) is 14.4 Å². The van der Waals surface area contributed by atoms with Gasteiger partial charge in [-0.15, -0.1) is 5.10 Å². The summed E-state index contributed by atoms with van der Waals surface area (Å²) in [6.07, 6.45) is 1.52. The lowest BCUT2D eigenvalue weighted by atomic mass is 10.3. The third-order valence-electron chi connectivity index (χ3n) is 2.61. The molecule has 3 rings (SSSR count). The summed E-state index contributed by atoms with van der Waals surface area (Å²) in [6, 6.07) is 10.9. The molecule has 0 amide bonds. The lowest BCUT2D eigenvalue weighted by molar-refractivity contribution is 0.0685. The van der Waals surface area contributed by atoms with Crippen molar-refractivity contribution < 1.29 is 19.2 Å². The highest BCUT2D eigenvalue weighted by atomic mass is 16.5. The minimum absolute atomic E-state index is 0.000910. The van der Waals surface area contributed by atoms with Gasteiger partial charge in [-0.1, -0.05) is 23.4 Å². The van der Waals surface area contributed by atoms with Crippen molar-refractivity contribution in [2.75, 3.05) is 0 Å². The lowest BCUT2D eigenvalue weighted by Crippen LogP contribution is -1.98. The Labute approximate surface area is 118 Å². The highest BCUT2D eigenvalue weighted by Gasteiger charge is 2.12. The maximum atomic E-state index is 10.7. The van der Waals surface area contributed by atoms with E-state index in [0.29, 0.717) is 0 Å². The Bertz CT molecular complexity index is 750. The first-order valence-corrected chi connectivity index (χ1v) is 6.01. The average molecular weight is 286 g/mol. The summed E-state index contributed by atoms with van der Waals surface area (Å²) in [7, 11) is 0. The number of para-hydroxylation sites is 1. The van der Waals surface area contributed by atoms with Gasteiger partial charge in [-0.3, -0.25) is 0 Å². The molecule has 0 bridgehead atoms. The number of carboxylic acid groups (broad SMARTS) is 1. The quantitative estimate of drug-likeness (QED) is 0.758. The molecule has 0 spiro atoms. The third-order valence-corrected chi connectivity index (χ3v) is 2.61. The van der Waals surface area contributed by atoms with Crippen LogP contribution >= 0.6 is 0 Å². The van der Waals surface area contributed by atoms with Crippen LogP contribution in [0.5, 0.6) is 6.01 Å². The van der Waals surface area contributed by atoms with Crippen LogP contribution in [0, 0.1) is 0 Å². The number of carboxylic acids is 1. The van der Waals surface area contributed by atoms with Gasteiger partial charge in [0.1, 0.15) is 6.33 Å². The summed E-state index contributed by atoms with van der Waals surface area (Å²) < 4.78 is 11.7. The first-order valence-electron chi connectivity index (χ1n) is 6.01. The Morgan fingerprint density at radius 2 is 2.14 bits per heavy atom. The maximum Gasteiger partial charge on any atom is 0.358 e. The molecular weight excluding hydrogens is 276 g/mol. The number of hydrogen-bond acceptors (Lipinski definition) is 6. The molecule has 0 atom stereocenters. The minimum atomic E-state index is -1.16. The van der Waals surface area contributed by atoms with E-state index in [2.05, 4.69) is 15.2 Å². The smallest absolute Gasteiger partial charge is 0.358 e. The number of hydrogen-bond donors (Lipinski definition) is 1. The van der Waals surface area contributed by atoms with Crippen molar-refractivity contribution in [3.05, 3.63) is 54.2 Å². The monoisotopic (exact) mass is 286 g/mol. The number of benzene rings is 1. The second kappa shape index (κ2) is 5.45. The van der Waals surface area contributed by atoms with Crippen LogP contribution in [0.25, 0.3) is 5.69 Å². The summed E-state index contributed by atoms with van der Waals surface area (Å²) in [5, 5.41) is 16.2. The van der Waals surface area contributed by atoms with Gasteiger partial charge in [0.25, 0.3) is 0 Å². The van der Waals surface area contributed by atoms with Gasteiger partial charge < -0.3 is 14.4 Å². The van der Waals surface area contributed by atoms with Gasteiger partial charge in [0.05, 0.1) is 5.69 Å². The molecule has 0 aliphatic carbocycles. The van der Waals surface area contributed by atoms with Gasteiger partial charge in [-0.25, -0.2) is 9.48 Å². The number of aromatic nitrogens is 4. The van der Waals surface area contributed by atoms with Crippen LogP contribution in [0.3, 0.4) is 0 Å². The highest BCUT2D eigenvalue weighted by molar-refractivity contribution is 5.85. The Morgan fingerprint density at radius 3 is 2.86 bits per heavy atom. The van der Waals surface area contributed by atoms with Crippen molar-refractivity contribution >= 4 is 5.97 Å². The molecule has 106 valence electrons. The van der Waals surface area contributed by atoms with Crippen molar-refractivity contribution in [2.45, 2.75) is 6.61 Å². The molecule has 0 aliphatic heterocycles. The molecule has 8 nitrogen and oxygen atoms in total. The van der Waals surface area contributed by atoms with E-state index in [1.54, 1.807) is 4.68 Å². The number of rotatable bonds is 5. The zero-order chi connectivity index (χ0) is 14.7. The summed E-state index contributed by atoms with van der Waals surface area (Å²) >= 11 is 0. The highest BCUT2D eigenvalue weighted by Crippen LogP contribution is 2.11. The molecule has 0 fully saturated rings. The molecule has 0 saturated heterocycles. The van der Waals surface area contributed by atoms with Crippen LogP contribution in [0.15, 0.2) is 47.2 Å². The molecule has 3 aromatic rings. The van der Waals surface area contributed by atoms with Crippen LogP contribution in [-0.4, -0.2) is 31.0 Å². The van der Waals surface area contributed by atoms with Crippen LogP contribution in [-0.2, 0) is 6.61 Å². The van der Waals surface area contributed by atoms with E-state index in [1.807, 2.05) is 30.3 Å². The number of carbonyl (C=O) groups is 1. The second-order valence-corrected chi connectivity index (χ2v) is 4.08. The van der Waals surface area contributed by atoms with E-state index in [-0.39, 0.29) is 24.1 Å². The van der Waals surface area contributed by atoms with E-state index in [1.165, 1.54) is 12.4 Å². The summed E-state index contributed by atoms with van der Waals surface area (Å²) in [6.45, 7) is -0.000910. The fourth-order valence-corrected chi connectivity index (χ4v) is 1.64. The first-order chi connectivity index (χ1) is 10.2. The van der Waals surface area contributed by atoms with Gasteiger partial charge in [0.15, 0.2) is 18.1 Å². The van der Waals surface area contributed by atoms with Crippen LogP contribution in [0.4, 0.5) is 0 Å². The molecular formula is C13H10N4O4. The van der Waals surface area contributed by atoms with E-state index < -0.39 is 5.97 Å². The normalized spacial score (nSPS) is 10.5. The van der Waals surface area contributed by atoms with Crippen LogP contribution in [0.1, 0.15) is 16.2 Å². The topological polar surface area (TPSA) is 103 Å². The van der Waals surface area contributed by atoms with E-state index >= 15 is 0 Å². The van der Waals surface area contributed by atoms with Crippen molar-refractivity contribution in [1.29, 1.82) is 0 Å². The fraction of sp³-hybridized carbons (Fsp3) is 0.0769. The zero-order valence-corrected chi connectivity index (χ0v) is 10.7. The summed E-state index contributed by atoms with van der Waals surface area (Å²) in [5.74, 6) is -0.875. The Hall–Kier alpha value is -3.16. The second-order valence-electron chi connectivity index (χ2n) is 4.08. The zero-order valence-electron chi connectivity index (χ0n) is 10.7. The Kier molecular flexibility index (Phi) is 3.34. The molecule has 21 heavy (non-hydrogen) atoms. The maximum absolute atomic E-state index is 10.7. The van der Waals surface area contributed by atoms with Gasteiger partial charge in [0, 0.05) is 6.07 Å². The SMILES string of the molecule is O=C(O)c1cc(COc2ncn(-c3ccccc3)n2)on1. The Morgan fingerprint density at radius 1 is 1.33 bits per heavy atom. The molecule has 1 aromatic carbocycles. The molecule has 0 aliphatic rings. The van der Waals surface area contributed by atoms with Gasteiger partial charge >= 0.3 is 12.0 Å². The molecule has 8 heteroatoms. The van der Waals surface area contributed by atoms with Crippen molar-refractivity contribution in [2.24, 2.45) is 0 Å². The summed E-state index contributed by atoms with van der Waals surface area (Å²) in [4.78, 5) is 14.7. The summed E-state index contributed by atoms with van der Waals surface area (Å²) in [5.41, 5.74) is 0.684. The molecule has 2 aromatic heterocycles. The Balaban J connectivity index is 1.66. The predicted molar refractivity (Wildman–Crippen MR) is 69.2 cm³/mol. The lowest BCUT2D eigenvalue weighted by Gasteiger charge is -1.98. The van der Waals surface area contributed by atoms with Gasteiger partial charge in [0.2, 0.25) is 0 Å². The van der Waals surface area contributed by atoms with Crippen molar-refractivity contribution in [3.8, 4) is 11.7 Å². The molecule has 0 radical (unpaired) electrons. The van der Waals surface area contributed by atoms with Crippen molar-refractivity contribution in [1.82, 2.24) is 19.9 Å². The largest absolute Gasteiger partial charge is 0.476 e. The molecule has 0 saturated carbocycles. The number of ether oxygens (including phenoxy) is 1. The number of aromatic carboxylic acids is 1. The third kappa shape index (κ3) is 2.89. The van der Waals surface area contributed by atoms with Crippen LogP contribution in [0.2, 0.25) is 0 Å².